The molecule has 0 amide bonds. The first-order chi connectivity index (χ1) is 9.60. The first-order valence-corrected chi connectivity index (χ1v) is 6.40. The molecule has 1 N–H and O–H groups in total. The first-order valence-electron chi connectivity index (χ1n) is 6.40. The molecule has 0 unspecified atom stereocenters. The number of halogens is 1. The standard InChI is InChI=1S/C16H15FO3/c1-2-3-11-4-7-13(8-5-11)20-15-9-6-12(17)10-14(15)16(18)19/h4-10H,2-3H2,1H3,(H,18,19). The molecule has 0 spiro atoms. The number of ether oxygens (including phenoxy) is 1. The van der Waals surface area contributed by atoms with E-state index in [1.807, 2.05) is 12.1 Å². The van der Waals surface area contributed by atoms with Crippen LogP contribution in [0.25, 0.3) is 0 Å². The summed E-state index contributed by atoms with van der Waals surface area (Å²) < 4.78 is 18.6. The molecule has 2 rings (SSSR count). The molecule has 0 aliphatic rings. The molecule has 0 aromatic heterocycles. The van der Waals surface area contributed by atoms with Gasteiger partial charge in [0.25, 0.3) is 0 Å². The Morgan fingerprint density at radius 1 is 1.20 bits per heavy atom. The van der Waals surface area contributed by atoms with Crippen LogP contribution in [0.1, 0.15) is 29.3 Å². The number of hydrogen-bond donors (Lipinski definition) is 1. The minimum absolute atomic E-state index is 0.127. The molecule has 0 aliphatic heterocycles. The van der Waals surface area contributed by atoms with Gasteiger partial charge in [0.1, 0.15) is 22.9 Å². The summed E-state index contributed by atoms with van der Waals surface area (Å²) in [6.45, 7) is 2.10. The first kappa shape index (κ1) is 14.1. The molecular formula is C16H15FO3. The number of carboxylic acids is 1. The molecule has 0 saturated carbocycles. The number of rotatable bonds is 5. The predicted molar refractivity (Wildman–Crippen MR) is 73.9 cm³/mol. The molecule has 3 nitrogen and oxygen atoms in total. The van der Waals surface area contributed by atoms with E-state index in [1.54, 1.807) is 12.1 Å². The molecule has 20 heavy (non-hydrogen) atoms. The summed E-state index contributed by atoms with van der Waals surface area (Å²) >= 11 is 0. The highest BCUT2D eigenvalue weighted by molar-refractivity contribution is 5.91. The molecule has 0 radical (unpaired) electrons. The van der Waals surface area contributed by atoms with E-state index in [0.29, 0.717) is 5.75 Å². The lowest BCUT2D eigenvalue weighted by molar-refractivity contribution is 0.0693. The fraction of sp³-hybridized carbons (Fsp3) is 0.188. The zero-order valence-corrected chi connectivity index (χ0v) is 11.1. The van der Waals surface area contributed by atoms with Gasteiger partial charge in [-0.25, -0.2) is 9.18 Å². The van der Waals surface area contributed by atoms with Crippen LogP contribution in [0.5, 0.6) is 11.5 Å². The largest absolute Gasteiger partial charge is 0.478 e. The topological polar surface area (TPSA) is 46.5 Å². The Labute approximate surface area is 116 Å². The zero-order chi connectivity index (χ0) is 14.5. The fourth-order valence-corrected chi connectivity index (χ4v) is 1.90. The average molecular weight is 274 g/mol. The molecule has 2 aromatic rings. The Morgan fingerprint density at radius 2 is 1.90 bits per heavy atom. The minimum Gasteiger partial charge on any atom is -0.478 e. The van der Waals surface area contributed by atoms with Gasteiger partial charge in [-0.3, -0.25) is 0 Å². The van der Waals surface area contributed by atoms with Crippen molar-refractivity contribution in [3.8, 4) is 11.5 Å². The summed E-state index contributed by atoms with van der Waals surface area (Å²) in [5.74, 6) is -1.17. The summed E-state index contributed by atoms with van der Waals surface area (Å²) in [7, 11) is 0. The van der Waals surface area contributed by atoms with Gasteiger partial charge in [0.05, 0.1) is 0 Å². The Balaban J connectivity index is 2.23. The van der Waals surface area contributed by atoms with Crippen molar-refractivity contribution >= 4 is 5.97 Å². The molecule has 0 aliphatic carbocycles. The van der Waals surface area contributed by atoms with Crippen molar-refractivity contribution in [3.05, 3.63) is 59.4 Å². The average Bonchev–Trinajstić information content (AvgIpc) is 2.43. The van der Waals surface area contributed by atoms with Crippen molar-refractivity contribution in [1.82, 2.24) is 0 Å². The van der Waals surface area contributed by atoms with Crippen LogP contribution < -0.4 is 4.74 Å². The third-order valence-corrected chi connectivity index (χ3v) is 2.86. The quantitative estimate of drug-likeness (QED) is 0.885. The minimum atomic E-state index is -1.22. The third kappa shape index (κ3) is 3.35. The Morgan fingerprint density at radius 3 is 2.50 bits per heavy atom. The van der Waals surface area contributed by atoms with Crippen LogP contribution in [-0.2, 0) is 6.42 Å². The van der Waals surface area contributed by atoms with Crippen molar-refractivity contribution < 1.29 is 19.0 Å². The van der Waals surface area contributed by atoms with E-state index in [9.17, 15) is 9.18 Å². The van der Waals surface area contributed by atoms with Gasteiger partial charge < -0.3 is 9.84 Å². The smallest absolute Gasteiger partial charge is 0.339 e. The monoisotopic (exact) mass is 274 g/mol. The summed E-state index contributed by atoms with van der Waals surface area (Å²) in [5.41, 5.74) is 1.00. The highest BCUT2D eigenvalue weighted by Gasteiger charge is 2.13. The molecule has 0 bridgehead atoms. The zero-order valence-electron chi connectivity index (χ0n) is 11.1. The number of hydrogen-bond acceptors (Lipinski definition) is 2. The normalized spacial score (nSPS) is 10.3. The number of benzene rings is 2. The van der Waals surface area contributed by atoms with Crippen LogP contribution in [0.15, 0.2) is 42.5 Å². The van der Waals surface area contributed by atoms with Crippen molar-refractivity contribution in [1.29, 1.82) is 0 Å². The van der Waals surface area contributed by atoms with E-state index < -0.39 is 11.8 Å². The lowest BCUT2D eigenvalue weighted by atomic mass is 10.1. The second-order valence-electron chi connectivity index (χ2n) is 4.44. The van der Waals surface area contributed by atoms with Gasteiger partial charge in [0.15, 0.2) is 0 Å². The molecule has 0 fully saturated rings. The molecule has 4 heteroatoms. The van der Waals surface area contributed by atoms with E-state index in [2.05, 4.69) is 6.92 Å². The second kappa shape index (κ2) is 6.19. The van der Waals surface area contributed by atoms with Gasteiger partial charge >= 0.3 is 5.97 Å². The molecule has 104 valence electrons. The fourth-order valence-electron chi connectivity index (χ4n) is 1.90. The maximum absolute atomic E-state index is 13.1. The van der Waals surface area contributed by atoms with Crippen LogP contribution >= 0.6 is 0 Å². The molecule has 0 atom stereocenters. The van der Waals surface area contributed by atoms with Crippen LogP contribution in [-0.4, -0.2) is 11.1 Å². The van der Waals surface area contributed by atoms with Gasteiger partial charge in [0, 0.05) is 0 Å². The summed E-state index contributed by atoms with van der Waals surface area (Å²) in [5, 5.41) is 9.04. The predicted octanol–water partition coefficient (Wildman–Crippen LogP) is 4.27. The van der Waals surface area contributed by atoms with Gasteiger partial charge in [-0.15, -0.1) is 0 Å². The van der Waals surface area contributed by atoms with E-state index in [-0.39, 0.29) is 11.3 Å². The van der Waals surface area contributed by atoms with Crippen molar-refractivity contribution in [2.75, 3.05) is 0 Å². The van der Waals surface area contributed by atoms with Gasteiger partial charge in [-0.05, 0) is 42.3 Å². The summed E-state index contributed by atoms with van der Waals surface area (Å²) in [4.78, 5) is 11.1. The van der Waals surface area contributed by atoms with E-state index >= 15 is 0 Å². The third-order valence-electron chi connectivity index (χ3n) is 2.86. The van der Waals surface area contributed by atoms with Gasteiger partial charge in [-0.1, -0.05) is 25.5 Å². The number of aromatic carboxylic acids is 1. The van der Waals surface area contributed by atoms with E-state index in [1.165, 1.54) is 17.7 Å². The number of carbonyl (C=O) groups is 1. The van der Waals surface area contributed by atoms with Crippen LogP contribution in [0.4, 0.5) is 4.39 Å². The highest BCUT2D eigenvalue weighted by Crippen LogP contribution is 2.26. The van der Waals surface area contributed by atoms with Crippen LogP contribution in [0.3, 0.4) is 0 Å². The number of carboxylic acid groups (broad SMARTS) is 1. The van der Waals surface area contributed by atoms with E-state index in [4.69, 9.17) is 9.84 Å². The van der Waals surface area contributed by atoms with Crippen LogP contribution in [0, 0.1) is 5.82 Å². The lowest BCUT2D eigenvalue weighted by Gasteiger charge is -2.09. The van der Waals surface area contributed by atoms with Gasteiger partial charge in [0.2, 0.25) is 0 Å². The van der Waals surface area contributed by atoms with Crippen molar-refractivity contribution in [2.45, 2.75) is 19.8 Å². The maximum Gasteiger partial charge on any atom is 0.339 e. The van der Waals surface area contributed by atoms with Crippen molar-refractivity contribution in [2.24, 2.45) is 0 Å². The molecular weight excluding hydrogens is 259 g/mol. The SMILES string of the molecule is CCCc1ccc(Oc2ccc(F)cc2C(=O)O)cc1. The Bertz CT molecular complexity index is 606. The van der Waals surface area contributed by atoms with Crippen LogP contribution in [0.2, 0.25) is 0 Å². The maximum atomic E-state index is 13.1. The van der Waals surface area contributed by atoms with Gasteiger partial charge in [-0.2, -0.15) is 0 Å². The second-order valence-corrected chi connectivity index (χ2v) is 4.44. The lowest BCUT2D eigenvalue weighted by Crippen LogP contribution is -2.00. The Kier molecular flexibility index (Phi) is 4.35. The van der Waals surface area contributed by atoms with Crippen molar-refractivity contribution in [3.63, 3.8) is 0 Å². The molecule has 0 saturated heterocycles. The summed E-state index contributed by atoms with van der Waals surface area (Å²) in [6, 6.07) is 10.9. The molecule has 0 heterocycles. The highest BCUT2D eigenvalue weighted by atomic mass is 19.1. The number of aryl methyl sites for hydroxylation is 1. The Hall–Kier alpha value is -2.36. The molecule has 2 aromatic carbocycles. The summed E-state index contributed by atoms with van der Waals surface area (Å²) in [6.07, 6.45) is 2.04. The van der Waals surface area contributed by atoms with E-state index in [0.717, 1.165) is 18.9 Å².